The van der Waals surface area contributed by atoms with E-state index in [1.807, 2.05) is 18.2 Å². The monoisotopic (exact) mass is 231 g/mol. The van der Waals surface area contributed by atoms with Gasteiger partial charge in [-0.1, -0.05) is 49.8 Å². The Balaban J connectivity index is 2.46. The van der Waals surface area contributed by atoms with E-state index >= 15 is 0 Å². The van der Waals surface area contributed by atoms with E-state index in [1.165, 1.54) is 12.8 Å². The molecule has 1 aromatic rings. The van der Waals surface area contributed by atoms with Crippen molar-refractivity contribution in [1.82, 2.24) is 0 Å². The van der Waals surface area contributed by atoms with Gasteiger partial charge in [0.05, 0.1) is 13.2 Å². The second kappa shape index (κ2) is 8.81. The van der Waals surface area contributed by atoms with Crippen molar-refractivity contribution in [2.24, 2.45) is 5.73 Å². The number of rotatable bonds is 6. The third kappa shape index (κ3) is 5.53. The Morgan fingerprint density at radius 1 is 1.24 bits per heavy atom. The third-order valence-corrected chi connectivity index (χ3v) is 2.49. The van der Waals surface area contributed by atoms with Crippen molar-refractivity contribution < 1.29 is 4.74 Å². The summed E-state index contributed by atoms with van der Waals surface area (Å²) in [4.78, 5) is 0. The maximum atomic E-state index is 5.64. The smallest absolute Gasteiger partial charge is 0.0728 e. The molecule has 2 nitrogen and oxygen atoms in total. The van der Waals surface area contributed by atoms with Crippen molar-refractivity contribution in [2.75, 3.05) is 13.2 Å². The largest absolute Gasteiger partial charge is 0.377 e. The molecule has 0 fully saturated rings. The Bertz CT molecular complexity index is 376. The van der Waals surface area contributed by atoms with Gasteiger partial charge in [-0.2, -0.15) is 0 Å². The minimum absolute atomic E-state index is 0.395. The maximum absolute atomic E-state index is 5.64. The first-order valence-electron chi connectivity index (χ1n) is 6.23. The first-order valence-corrected chi connectivity index (χ1v) is 6.23. The first kappa shape index (κ1) is 13.8. The van der Waals surface area contributed by atoms with E-state index in [0.717, 1.165) is 24.2 Å². The van der Waals surface area contributed by atoms with Gasteiger partial charge in [0, 0.05) is 12.2 Å². The van der Waals surface area contributed by atoms with Gasteiger partial charge in [0.15, 0.2) is 0 Å². The maximum Gasteiger partial charge on any atom is 0.0728 e. The molecule has 0 atom stereocenters. The van der Waals surface area contributed by atoms with Crippen molar-refractivity contribution in [1.29, 1.82) is 0 Å². The van der Waals surface area contributed by atoms with E-state index in [4.69, 9.17) is 10.5 Å². The van der Waals surface area contributed by atoms with Crippen molar-refractivity contribution in [3.63, 3.8) is 0 Å². The highest BCUT2D eigenvalue weighted by Crippen LogP contribution is 2.09. The molecule has 0 aliphatic heterocycles. The van der Waals surface area contributed by atoms with Gasteiger partial charge in [-0.3, -0.25) is 0 Å². The van der Waals surface area contributed by atoms with Gasteiger partial charge in [0.2, 0.25) is 0 Å². The summed E-state index contributed by atoms with van der Waals surface area (Å²) in [5.41, 5.74) is 7.54. The fourth-order valence-electron chi connectivity index (χ4n) is 1.55. The van der Waals surface area contributed by atoms with E-state index < -0.39 is 0 Å². The van der Waals surface area contributed by atoms with Crippen LogP contribution in [0.3, 0.4) is 0 Å². The van der Waals surface area contributed by atoms with Crippen molar-refractivity contribution in [2.45, 2.75) is 32.8 Å². The lowest BCUT2D eigenvalue weighted by Gasteiger charge is -2.06. The average Bonchev–Trinajstić information content (AvgIpc) is 2.37. The van der Waals surface area contributed by atoms with Crippen molar-refractivity contribution >= 4 is 0 Å². The number of unbranched alkanes of at least 4 members (excludes halogenated alkanes) is 2. The normalized spacial score (nSPS) is 9.76. The van der Waals surface area contributed by atoms with Gasteiger partial charge < -0.3 is 10.5 Å². The van der Waals surface area contributed by atoms with Crippen LogP contribution in [-0.4, -0.2) is 13.2 Å². The molecule has 0 unspecified atom stereocenters. The molecule has 2 N–H and O–H groups in total. The molecule has 0 saturated heterocycles. The van der Waals surface area contributed by atoms with Crippen LogP contribution >= 0.6 is 0 Å². The number of nitrogens with two attached hydrogens (primary N) is 1. The Hall–Kier alpha value is -1.30. The van der Waals surface area contributed by atoms with Crippen LogP contribution in [0.1, 0.15) is 37.3 Å². The van der Waals surface area contributed by atoms with Crippen LogP contribution in [0.25, 0.3) is 0 Å². The first-order chi connectivity index (χ1) is 8.38. The summed E-state index contributed by atoms with van der Waals surface area (Å²) < 4.78 is 5.64. The molecule has 0 amide bonds. The molecule has 0 heterocycles. The standard InChI is InChI=1S/C15H21NO/c1-2-3-6-12-17-13-15-9-5-4-8-14(15)10-7-11-16/h4-5,8-9H,2-3,6,11-13,16H2,1H3. The second-order valence-corrected chi connectivity index (χ2v) is 3.92. The summed E-state index contributed by atoms with van der Waals surface area (Å²) in [6.07, 6.45) is 3.59. The lowest BCUT2D eigenvalue weighted by Crippen LogP contribution is -1.98. The van der Waals surface area contributed by atoms with Gasteiger partial charge in [0.1, 0.15) is 0 Å². The predicted molar refractivity (Wildman–Crippen MR) is 71.6 cm³/mol. The molecule has 1 rings (SSSR count). The molecular formula is C15H21NO. The highest BCUT2D eigenvalue weighted by atomic mass is 16.5. The van der Waals surface area contributed by atoms with Gasteiger partial charge in [-0.15, -0.1) is 0 Å². The topological polar surface area (TPSA) is 35.2 Å². The molecule has 0 spiro atoms. The minimum atomic E-state index is 0.395. The second-order valence-electron chi connectivity index (χ2n) is 3.92. The minimum Gasteiger partial charge on any atom is -0.377 e. The van der Waals surface area contributed by atoms with Crippen molar-refractivity contribution in [3.8, 4) is 11.8 Å². The van der Waals surface area contributed by atoms with Crippen LogP contribution in [0.15, 0.2) is 24.3 Å². The molecule has 2 heteroatoms. The molecule has 0 radical (unpaired) electrons. The zero-order chi connectivity index (χ0) is 12.3. The van der Waals surface area contributed by atoms with Gasteiger partial charge in [0.25, 0.3) is 0 Å². The lowest BCUT2D eigenvalue weighted by atomic mass is 10.1. The molecule has 92 valence electrons. The molecule has 0 aliphatic carbocycles. The van der Waals surface area contributed by atoms with Crippen LogP contribution in [0, 0.1) is 11.8 Å². The summed E-state index contributed by atoms with van der Waals surface area (Å²) in [7, 11) is 0. The predicted octanol–water partition coefficient (Wildman–Crippen LogP) is 2.70. The lowest BCUT2D eigenvalue weighted by molar-refractivity contribution is 0.117. The Kier molecular flexibility index (Phi) is 7.13. The molecule has 0 aliphatic rings. The SMILES string of the molecule is CCCCCOCc1ccccc1C#CCN. The fourth-order valence-corrected chi connectivity index (χ4v) is 1.55. The molecule has 0 saturated carbocycles. The molecule has 1 aromatic carbocycles. The van der Waals surface area contributed by atoms with Crippen LogP contribution < -0.4 is 5.73 Å². The zero-order valence-electron chi connectivity index (χ0n) is 10.5. The van der Waals surface area contributed by atoms with E-state index in [0.29, 0.717) is 13.2 Å². The molecule has 17 heavy (non-hydrogen) atoms. The molecular weight excluding hydrogens is 210 g/mol. The molecule has 0 bridgehead atoms. The molecule has 0 aromatic heterocycles. The summed E-state index contributed by atoms with van der Waals surface area (Å²) in [5, 5.41) is 0. The van der Waals surface area contributed by atoms with E-state index in [9.17, 15) is 0 Å². The van der Waals surface area contributed by atoms with Gasteiger partial charge >= 0.3 is 0 Å². The number of hydrogen-bond donors (Lipinski definition) is 1. The van der Waals surface area contributed by atoms with E-state index in [2.05, 4.69) is 24.8 Å². The average molecular weight is 231 g/mol. The Labute approximate surface area is 104 Å². The van der Waals surface area contributed by atoms with Crippen LogP contribution in [0.2, 0.25) is 0 Å². The highest BCUT2D eigenvalue weighted by molar-refractivity contribution is 5.41. The summed E-state index contributed by atoms with van der Waals surface area (Å²) >= 11 is 0. The quantitative estimate of drug-likeness (QED) is 0.603. The summed E-state index contributed by atoms with van der Waals surface area (Å²) in [5.74, 6) is 5.95. The van der Waals surface area contributed by atoms with Crippen LogP contribution in [0.4, 0.5) is 0 Å². The Morgan fingerprint density at radius 2 is 2.06 bits per heavy atom. The van der Waals surface area contributed by atoms with Crippen LogP contribution in [0.5, 0.6) is 0 Å². The fraction of sp³-hybridized carbons (Fsp3) is 0.467. The zero-order valence-corrected chi connectivity index (χ0v) is 10.5. The van der Waals surface area contributed by atoms with Crippen LogP contribution in [-0.2, 0) is 11.3 Å². The number of benzene rings is 1. The Morgan fingerprint density at radius 3 is 2.82 bits per heavy atom. The number of ether oxygens (including phenoxy) is 1. The number of hydrogen-bond acceptors (Lipinski definition) is 2. The van der Waals surface area contributed by atoms with Gasteiger partial charge in [-0.05, 0) is 18.1 Å². The summed E-state index contributed by atoms with van der Waals surface area (Å²) in [6, 6.07) is 8.06. The van der Waals surface area contributed by atoms with E-state index in [-0.39, 0.29) is 0 Å². The van der Waals surface area contributed by atoms with Crippen molar-refractivity contribution in [3.05, 3.63) is 35.4 Å². The highest BCUT2D eigenvalue weighted by Gasteiger charge is 1.98. The van der Waals surface area contributed by atoms with E-state index in [1.54, 1.807) is 0 Å². The summed E-state index contributed by atoms with van der Waals surface area (Å²) in [6.45, 7) is 4.05. The van der Waals surface area contributed by atoms with Gasteiger partial charge in [-0.25, -0.2) is 0 Å². The third-order valence-electron chi connectivity index (χ3n) is 2.49.